The Hall–Kier alpha value is -0.710. The third-order valence-corrected chi connectivity index (χ3v) is 3.32. The molecule has 0 saturated heterocycles. The maximum atomic E-state index is 6.11. The first-order chi connectivity index (χ1) is 7.79. The van der Waals surface area contributed by atoms with Gasteiger partial charge in [0.05, 0.1) is 13.7 Å². The van der Waals surface area contributed by atoms with Gasteiger partial charge in [-0.15, -0.1) is 0 Å². The Morgan fingerprint density at radius 2 is 2.06 bits per heavy atom. The molecule has 0 spiro atoms. The van der Waals surface area contributed by atoms with Gasteiger partial charge >= 0.3 is 0 Å². The van der Waals surface area contributed by atoms with E-state index < -0.39 is 0 Å². The second kappa shape index (κ2) is 7.54. The van der Waals surface area contributed by atoms with E-state index in [9.17, 15) is 0 Å². The highest BCUT2D eigenvalue weighted by molar-refractivity contribution is 7.99. The van der Waals surface area contributed by atoms with Crippen LogP contribution in [0.5, 0.6) is 5.75 Å². The zero-order chi connectivity index (χ0) is 11.8. The van der Waals surface area contributed by atoms with Crippen LogP contribution in [0.25, 0.3) is 0 Å². The quantitative estimate of drug-likeness (QED) is 0.742. The van der Waals surface area contributed by atoms with E-state index in [2.05, 4.69) is 0 Å². The monoisotopic (exact) mass is 241 g/mol. The zero-order valence-corrected chi connectivity index (χ0v) is 10.6. The number of thioether (sulfide) groups is 1. The smallest absolute Gasteiger partial charge is 0.123 e. The molecule has 0 aliphatic rings. The first-order valence-corrected chi connectivity index (χ1v) is 6.40. The topological polar surface area (TPSA) is 44.5 Å². The van der Waals surface area contributed by atoms with Crippen LogP contribution in [0, 0.1) is 0 Å². The third-order valence-electron chi connectivity index (χ3n) is 2.27. The Kier molecular flexibility index (Phi) is 6.30. The molecule has 0 aliphatic carbocycles. The lowest BCUT2D eigenvalue weighted by molar-refractivity contribution is 0.218. The van der Waals surface area contributed by atoms with Gasteiger partial charge in [0.2, 0.25) is 0 Å². The fourth-order valence-corrected chi connectivity index (χ4v) is 2.30. The van der Waals surface area contributed by atoms with Crippen molar-refractivity contribution in [1.82, 2.24) is 0 Å². The summed E-state index contributed by atoms with van der Waals surface area (Å²) < 4.78 is 10.3. The second-order valence-corrected chi connectivity index (χ2v) is 4.57. The van der Waals surface area contributed by atoms with Gasteiger partial charge in [0, 0.05) is 30.2 Å². The van der Waals surface area contributed by atoms with Gasteiger partial charge in [-0.3, -0.25) is 0 Å². The molecule has 3 nitrogen and oxygen atoms in total. The van der Waals surface area contributed by atoms with Crippen molar-refractivity contribution in [2.24, 2.45) is 5.73 Å². The summed E-state index contributed by atoms with van der Waals surface area (Å²) in [6.07, 6.45) is 0. The molecule has 0 radical (unpaired) electrons. The molecule has 1 rings (SSSR count). The molecule has 0 fully saturated rings. The van der Waals surface area contributed by atoms with Gasteiger partial charge in [0.25, 0.3) is 0 Å². The van der Waals surface area contributed by atoms with Crippen LogP contribution in [0.15, 0.2) is 24.3 Å². The molecule has 0 aromatic heterocycles. The van der Waals surface area contributed by atoms with Crippen LogP contribution in [-0.4, -0.2) is 32.3 Å². The lowest BCUT2D eigenvalue weighted by atomic mass is 10.1. The molecule has 0 saturated carbocycles. The Labute approximate surface area is 101 Å². The van der Waals surface area contributed by atoms with Crippen LogP contribution in [0.4, 0.5) is 0 Å². The van der Waals surface area contributed by atoms with Gasteiger partial charge in [-0.25, -0.2) is 0 Å². The van der Waals surface area contributed by atoms with Crippen LogP contribution in [0.1, 0.15) is 11.6 Å². The van der Waals surface area contributed by atoms with Crippen molar-refractivity contribution in [3.63, 3.8) is 0 Å². The maximum absolute atomic E-state index is 6.11. The molecule has 16 heavy (non-hydrogen) atoms. The summed E-state index contributed by atoms with van der Waals surface area (Å²) in [5, 5.41) is 0. The van der Waals surface area contributed by atoms with Crippen LogP contribution < -0.4 is 10.5 Å². The molecule has 0 bridgehead atoms. The molecular formula is C12H19NO2S. The van der Waals surface area contributed by atoms with Crippen molar-refractivity contribution < 1.29 is 9.47 Å². The average Bonchev–Trinajstić information content (AvgIpc) is 2.34. The van der Waals surface area contributed by atoms with Gasteiger partial charge in [-0.05, 0) is 6.07 Å². The number of ether oxygens (including phenoxy) is 2. The molecule has 0 heterocycles. The van der Waals surface area contributed by atoms with Crippen molar-refractivity contribution in [1.29, 1.82) is 0 Å². The number of para-hydroxylation sites is 1. The van der Waals surface area contributed by atoms with E-state index in [0.29, 0.717) is 0 Å². The fraction of sp³-hybridized carbons (Fsp3) is 0.500. The van der Waals surface area contributed by atoms with E-state index in [-0.39, 0.29) is 6.04 Å². The van der Waals surface area contributed by atoms with E-state index in [0.717, 1.165) is 29.4 Å². The second-order valence-electron chi connectivity index (χ2n) is 3.42. The number of methoxy groups -OCH3 is 2. The minimum atomic E-state index is 0.0120. The summed E-state index contributed by atoms with van der Waals surface area (Å²) >= 11 is 1.79. The minimum absolute atomic E-state index is 0.0120. The van der Waals surface area contributed by atoms with Gasteiger partial charge in [0.15, 0.2) is 0 Å². The molecule has 1 aromatic rings. The Morgan fingerprint density at radius 1 is 1.31 bits per heavy atom. The summed E-state index contributed by atoms with van der Waals surface area (Å²) in [5.74, 6) is 2.71. The van der Waals surface area contributed by atoms with Crippen LogP contribution in [-0.2, 0) is 4.74 Å². The van der Waals surface area contributed by atoms with Gasteiger partial charge in [-0.2, -0.15) is 11.8 Å². The van der Waals surface area contributed by atoms with E-state index in [1.807, 2.05) is 24.3 Å². The SMILES string of the molecule is COCCSCC(N)c1ccccc1OC. The minimum Gasteiger partial charge on any atom is -0.496 e. The van der Waals surface area contributed by atoms with Gasteiger partial charge < -0.3 is 15.2 Å². The van der Waals surface area contributed by atoms with E-state index in [4.69, 9.17) is 15.2 Å². The number of hydrogen-bond acceptors (Lipinski definition) is 4. The first-order valence-electron chi connectivity index (χ1n) is 5.24. The molecule has 1 unspecified atom stereocenters. The van der Waals surface area contributed by atoms with E-state index in [1.165, 1.54) is 0 Å². The van der Waals surface area contributed by atoms with Crippen LogP contribution in [0.2, 0.25) is 0 Å². The van der Waals surface area contributed by atoms with Crippen molar-refractivity contribution >= 4 is 11.8 Å². The summed E-state index contributed by atoms with van der Waals surface area (Å²) in [5.41, 5.74) is 7.18. The van der Waals surface area contributed by atoms with Gasteiger partial charge in [-0.1, -0.05) is 18.2 Å². The lowest BCUT2D eigenvalue weighted by Gasteiger charge is -2.15. The van der Waals surface area contributed by atoms with Crippen molar-refractivity contribution in [3.8, 4) is 5.75 Å². The lowest BCUT2D eigenvalue weighted by Crippen LogP contribution is -2.14. The highest BCUT2D eigenvalue weighted by atomic mass is 32.2. The third kappa shape index (κ3) is 4.04. The molecule has 1 aromatic carbocycles. The molecule has 90 valence electrons. The van der Waals surface area contributed by atoms with E-state index in [1.54, 1.807) is 26.0 Å². The zero-order valence-electron chi connectivity index (χ0n) is 9.81. The maximum Gasteiger partial charge on any atom is 0.123 e. The molecule has 0 aliphatic heterocycles. The summed E-state index contributed by atoms with van der Waals surface area (Å²) in [6, 6.07) is 7.90. The van der Waals surface area contributed by atoms with Crippen molar-refractivity contribution in [3.05, 3.63) is 29.8 Å². The largest absolute Gasteiger partial charge is 0.496 e. The number of benzene rings is 1. The summed E-state index contributed by atoms with van der Waals surface area (Å²) in [4.78, 5) is 0. The molecule has 4 heteroatoms. The number of nitrogens with two attached hydrogens (primary N) is 1. The average molecular weight is 241 g/mol. The molecule has 0 amide bonds. The Balaban J connectivity index is 2.48. The van der Waals surface area contributed by atoms with Crippen LogP contribution in [0.3, 0.4) is 0 Å². The molecule has 2 N–H and O–H groups in total. The normalized spacial score (nSPS) is 12.4. The number of rotatable bonds is 7. The fourth-order valence-electron chi connectivity index (χ4n) is 1.42. The number of hydrogen-bond donors (Lipinski definition) is 1. The molecular weight excluding hydrogens is 222 g/mol. The Morgan fingerprint density at radius 3 is 2.75 bits per heavy atom. The standard InChI is InChI=1S/C12H19NO2S/c1-14-7-8-16-9-11(13)10-5-3-4-6-12(10)15-2/h3-6,11H,7-9,13H2,1-2H3. The first kappa shape index (κ1) is 13.4. The highest BCUT2D eigenvalue weighted by Crippen LogP contribution is 2.25. The van der Waals surface area contributed by atoms with Crippen molar-refractivity contribution in [2.45, 2.75) is 6.04 Å². The predicted molar refractivity (Wildman–Crippen MR) is 69.1 cm³/mol. The Bertz CT molecular complexity index is 307. The highest BCUT2D eigenvalue weighted by Gasteiger charge is 2.10. The molecule has 1 atom stereocenters. The van der Waals surface area contributed by atoms with Crippen LogP contribution >= 0.6 is 11.8 Å². The van der Waals surface area contributed by atoms with Crippen molar-refractivity contribution in [2.75, 3.05) is 32.3 Å². The summed E-state index contributed by atoms with van der Waals surface area (Å²) in [6.45, 7) is 0.767. The summed E-state index contributed by atoms with van der Waals surface area (Å²) in [7, 11) is 3.38. The predicted octanol–water partition coefficient (Wildman–Crippen LogP) is 2.07. The van der Waals surface area contributed by atoms with E-state index >= 15 is 0 Å². The van der Waals surface area contributed by atoms with Gasteiger partial charge in [0.1, 0.15) is 5.75 Å².